The predicted molar refractivity (Wildman–Crippen MR) is 113 cm³/mol. The Morgan fingerprint density at radius 2 is 1.83 bits per heavy atom. The predicted octanol–water partition coefficient (Wildman–Crippen LogP) is 2.31. The topological polar surface area (TPSA) is 113 Å². The molecule has 0 aliphatic heterocycles. The number of rotatable bonds is 8. The number of amides is 1. The van der Waals surface area contributed by atoms with Gasteiger partial charge in [-0.1, -0.05) is 29.8 Å². The maximum absolute atomic E-state index is 12.6. The molecule has 0 aromatic heterocycles. The number of benzene rings is 2. The maximum atomic E-state index is 12.6. The van der Waals surface area contributed by atoms with Crippen LogP contribution in [0.5, 0.6) is 0 Å². The molecule has 160 valence electrons. The molecule has 30 heavy (non-hydrogen) atoms. The number of hydrogen-bond acceptors (Lipinski definition) is 4. The van der Waals surface area contributed by atoms with E-state index >= 15 is 0 Å². The Bertz CT molecular complexity index is 1040. The van der Waals surface area contributed by atoms with E-state index in [0.29, 0.717) is 24.3 Å². The Morgan fingerprint density at radius 3 is 2.53 bits per heavy atom. The van der Waals surface area contributed by atoms with Crippen molar-refractivity contribution in [3.05, 3.63) is 64.2 Å². The van der Waals surface area contributed by atoms with E-state index in [1.165, 1.54) is 12.1 Å². The van der Waals surface area contributed by atoms with Crippen molar-refractivity contribution in [3.63, 3.8) is 0 Å². The third-order valence-electron chi connectivity index (χ3n) is 4.97. The van der Waals surface area contributed by atoms with Crippen molar-refractivity contribution in [1.82, 2.24) is 10.0 Å². The molecule has 1 aliphatic carbocycles. The molecule has 7 nitrogen and oxygen atoms in total. The van der Waals surface area contributed by atoms with Crippen LogP contribution >= 0.6 is 11.6 Å². The summed E-state index contributed by atoms with van der Waals surface area (Å²) in [5, 5.41) is 11.7. The number of aryl methyl sites for hydroxylation is 1. The first-order valence-electron chi connectivity index (χ1n) is 9.60. The normalized spacial score (nSPS) is 16.0. The third-order valence-corrected chi connectivity index (χ3v) is 6.76. The maximum Gasteiger partial charge on any atom is 0.305 e. The Labute approximate surface area is 180 Å². The van der Waals surface area contributed by atoms with Crippen LogP contribution in [0.3, 0.4) is 0 Å². The van der Waals surface area contributed by atoms with Crippen LogP contribution in [-0.4, -0.2) is 38.0 Å². The summed E-state index contributed by atoms with van der Waals surface area (Å²) in [4.78, 5) is 22.6. The smallest absolute Gasteiger partial charge is 0.305 e. The molecular weight excluding hydrogens is 428 g/mol. The van der Waals surface area contributed by atoms with E-state index in [2.05, 4.69) is 10.0 Å². The van der Waals surface area contributed by atoms with Crippen molar-refractivity contribution in [2.45, 2.75) is 43.0 Å². The van der Waals surface area contributed by atoms with Gasteiger partial charge in [-0.3, -0.25) is 9.59 Å². The molecule has 3 rings (SSSR count). The molecule has 0 fully saturated rings. The van der Waals surface area contributed by atoms with Gasteiger partial charge in [0.15, 0.2) is 0 Å². The van der Waals surface area contributed by atoms with Gasteiger partial charge in [0.25, 0.3) is 0 Å². The molecule has 3 N–H and O–H groups in total. The number of carbonyl (C=O) groups is 2. The van der Waals surface area contributed by atoms with Crippen molar-refractivity contribution in [2.75, 3.05) is 6.54 Å². The standard InChI is InChI=1S/C21H23ClN2O5S/c22-17-4-7-19(8-5-17)30(28,29)24-18-6-3-15-11-14(1-2-16(15)13-18)12-20(25)23-10-9-21(26)27/h1-2,4-5,7-8,11,18,24H,3,6,9-10,12-13H2,(H,23,25)(H,26,27). The number of sulfonamides is 1. The highest BCUT2D eigenvalue weighted by Gasteiger charge is 2.24. The molecule has 2 aromatic carbocycles. The molecule has 2 aromatic rings. The summed E-state index contributed by atoms with van der Waals surface area (Å²) in [5.74, 6) is -1.18. The minimum absolute atomic E-state index is 0.106. The van der Waals surface area contributed by atoms with Gasteiger partial charge in [-0.05, 0) is 60.2 Å². The molecule has 0 saturated carbocycles. The van der Waals surface area contributed by atoms with Crippen LogP contribution in [-0.2, 0) is 38.9 Å². The second-order valence-electron chi connectivity index (χ2n) is 7.29. The monoisotopic (exact) mass is 450 g/mol. The van der Waals surface area contributed by atoms with Crippen molar-refractivity contribution >= 4 is 33.5 Å². The first-order valence-corrected chi connectivity index (χ1v) is 11.5. The molecule has 0 bridgehead atoms. The highest BCUT2D eigenvalue weighted by atomic mass is 35.5. The fourth-order valence-corrected chi connectivity index (χ4v) is 4.87. The van der Waals surface area contributed by atoms with Gasteiger partial charge in [0.2, 0.25) is 15.9 Å². The number of hydrogen-bond donors (Lipinski definition) is 3. The molecule has 0 radical (unpaired) electrons. The molecule has 0 heterocycles. The van der Waals surface area contributed by atoms with Gasteiger partial charge in [-0.15, -0.1) is 0 Å². The number of aliphatic carboxylic acids is 1. The second-order valence-corrected chi connectivity index (χ2v) is 9.44. The first-order chi connectivity index (χ1) is 14.2. The fraction of sp³-hybridized carbons (Fsp3) is 0.333. The molecule has 1 aliphatic rings. The van der Waals surface area contributed by atoms with Crippen LogP contribution in [0.25, 0.3) is 0 Å². The Hall–Kier alpha value is -2.42. The van der Waals surface area contributed by atoms with E-state index in [1.807, 2.05) is 18.2 Å². The van der Waals surface area contributed by atoms with Crippen molar-refractivity contribution in [2.24, 2.45) is 0 Å². The largest absolute Gasteiger partial charge is 0.481 e. The van der Waals surface area contributed by atoms with Gasteiger partial charge in [0.1, 0.15) is 0 Å². The molecule has 0 spiro atoms. The fourth-order valence-electron chi connectivity index (χ4n) is 3.48. The van der Waals surface area contributed by atoms with E-state index in [-0.39, 0.29) is 36.2 Å². The summed E-state index contributed by atoms with van der Waals surface area (Å²) in [5.41, 5.74) is 3.01. The molecule has 1 amide bonds. The lowest BCUT2D eigenvalue weighted by Gasteiger charge is -2.26. The lowest BCUT2D eigenvalue weighted by Crippen LogP contribution is -2.38. The van der Waals surface area contributed by atoms with Crippen molar-refractivity contribution < 1.29 is 23.1 Å². The quantitative estimate of drug-likeness (QED) is 0.571. The summed E-state index contributed by atoms with van der Waals surface area (Å²) in [6, 6.07) is 11.6. The highest BCUT2D eigenvalue weighted by molar-refractivity contribution is 7.89. The summed E-state index contributed by atoms with van der Waals surface area (Å²) in [6.45, 7) is 0.106. The van der Waals surface area contributed by atoms with E-state index in [9.17, 15) is 18.0 Å². The van der Waals surface area contributed by atoms with Gasteiger partial charge in [0, 0.05) is 17.6 Å². The van der Waals surface area contributed by atoms with E-state index in [1.54, 1.807) is 12.1 Å². The molecule has 9 heteroatoms. The van der Waals surface area contributed by atoms with E-state index < -0.39 is 16.0 Å². The van der Waals surface area contributed by atoms with Crippen LogP contribution in [0, 0.1) is 0 Å². The Balaban J connectivity index is 1.59. The lowest BCUT2D eigenvalue weighted by molar-refractivity contribution is -0.136. The van der Waals surface area contributed by atoms with Crippen LogP contribution in [0.1, 0.15) is 29.5 Å². The van der Waals surface area contributed by atoms with Gasteiger partial charge >= 0.3 is 5.97 Å². The number of fused-ring (bicyclic) bond motifs is 1. The number of halogens is 1. The van der Waals surface area contributed by atoms with Gasteiger partial charge in [-0.2, -0.15) is 0 Å². The number of carboxylic acids is 1. The van der Waals surface area contributed by atoms with Gasteiger partial charge < -0.3 is 10.4 Å². The zero-order chi connectivity index (χ0) is 21.7. The first kappa shape index (κ1) is 22.3. The SMILES string of the molecule is O=C(O)CCNC(=O)Cc1ccc2c(c1)CCC(NS(=O)(=O)c1ccc(Cl)cc1)C2. The van der Waals surface area contributed by atoms with Crippen LogP contribution < -0.4 is 10.0 Å². The molecular formula is C21H23ClN2O5S. The van der Waals surface area contributed by atoms with E-state index in [0.717, 1.165) is 16.7 Å². The highest BCUT2D eigenvalue weighted by Crippen LogP contribution is 2.24. The van der Waals surface area contributed by atoms with Crippen LogP contribution in [0.4, 0.5) is 0 Å². The van der Waals surface area contributed by atoms with Gasteiger partial charge in [-0.25, -0.2) is 13.1 Å². The molecule has 0 saturated heterocycles. The minimum atomic E-state index is -3.62. The average Bonchev–Trinajstić information content (AvgIpc) is 2.68. The lowest BCUT2D eigenvalue weighted by atomic mass is 9.87. The second kappa shape index (κ2) is 9.59. The molecule has 1 atom stereocenters. The summed E-state index contributed by atoms with van der Waals surface area (Å²) < 4.78 is 28.0. The molecule has 1 unspecified atom stereocenters. The number of carbonyl (C=O) groups excluding carboxylic acids is 1. The Kier molecular flexibility index (Phi) is 7.12. The zero-order valence-corrected chi connectivity index (χ0v) is 17.8. The van der Waals surface area contributed by atoms with Crippen LogP contribution in [0.2, 0.25) is 5.02 Å². The summed E-state index contributed by atoms with van der Waals surface area (Å²) >= 11 is 5.83. The van der Waals surface area contributed by atoms with Crippen LogP contribution in [0.15, 0.2) is 47.4 Å². The van der Waals surface area contributed by atoms with E-state index in [4.69, 9.17) is 16.7 Å². The zero-order valence-electron chi connectivity index (χ0n) is 16.2. The minimum Gasteiger partial charge on any atom is -0.481 e. The average molecular weight is 451 g/mol. The third kappa shape index (κ3) is 6.04. The number of carboxylic acid groups (broad SMARTS) is 1. The van der Waals surface area contributed by atoms with Gasteiger partial charge in [0.05, 0.1) is 17.7 Å². The Morgan fingerprint density at radius 1 is 1.10 bits per heavy atom. The summed E-state index contributed by atoms with van der Waals surface area (Å²) in [7, 11) is -3.62. The number of nitrogens with one attached hydrogen (secondary N) is 2. The summed E-state index contributed by atoms with van der Waals surface area (Å²) in [6.07, 6.45) is 2.02. The van der Waals surface area contributed by atoms with Crippen molar-refractivity contribution in [1.29, 1.82) is 0 Å². The van der Waals surface area contributed by atoms with Crippen molar-refractivity contribution in [3.8, 4) is 0 Å².